The molecule has 6 aromatic rings. The molecule has 0 aromatic heterocycles. The zero-order chi connectivity index (χ0) is 72.8. The van der Waals surface area contributed by atoms with Crippen molar-refractivity contribution in [2.45, 2.75) is 154 Å². The van der Waals surface area contributed by atoms with Gasteiger partial charge in [0.1, 0.15) is 26.4 Å². The first-order valence-corrected chi connectivity index (χ1v) is 38.5. The number of amides is 6. The molecule has 0 spiro atoms. The highest BCUT2D eigenvalue weighted by Gasteiger charge is 2.67. The number of carbonyl (C=O) groups excluding carboxylic acids is 7. The van der Waals surface area contributed by atoms with Gasteiger partial charge in [0.15, 0.2) is 0 Å². The minimum absolute atomic E-state index is 0.0235. The molecule has 3 unspecified atom stereocenters. The van der Waals surface area contributed by atoms with E-state index in [-0.39, 0.29) is 128 Å². The average Bonchev–Trinajstić information content (AvgIpc) is 1.66. The summed E-state index contributed by atoms with van der Waals surface area (Å²) in [5.41, 5.74) is 13.6. The first kappa shape index (κ1) is 73.0. The van der Waals surface area contributed by atoms with E-state index in [0.717, 1.165) is 73.6 Å². The zero-order valence-electron chi connectivity index (χ0n) is 61.1. The van der Waals surface area contributed by atoms with Crippen LogP contribution in [0.2, 0.25) is 0 Å². The number of hydrogen-bond donors (Lipinski definition) is 3. The monoisotopic (exact) mass is 1430 g/mol. The summed E-state index contributed by atoms with van der Waals surface area (Å²) in [5, 5.41) is 9.59. The Labute approximate surface area is 616 Å². The molecule has 554 valence electrons. The van der Waals surface area contributed by atoms with E-state index >= 15 is 0 Å². The molecule has 8 aliphatic rings. The molecule has 1 aliphatic heterocycles. The minimum Gasteiger partial charge on any atom is -0.449 e. The Kier molecular flexibility index (Phi) is 22.6. The topological polar surface area (TPSA) is 227 Å². The molecule has 3 N–H and O–H groups in total. The quantitative estimate of drug-likeness (QED) is 0.0226. The van der Waals surface area contributed by atoms with Crippen molar-refractivity contribution < 1.29 is 66.8 Å². The van der Waals surface area contributed by atoms with Crippen LogP contribution < -0.4 is 16.0 Å². The number of rotatable bonds is 29. The highest BCUT2D eigenvalue weighted by Crippen LogP contribution is 2.69. The van der Waals surface area contributed by atoms with E-state index in [2.05, 4.69) is 110 Å². The highest BCUT2D eigenvalue weighted by atomic mass is 16.7. The van der Waals surface area contributed by atoms with Gasteiger partial charge < -0.3 is 54.1 Å². The SMILES string of the molecule is CC(=O)N(CCC[C@@H](C)[C@H]1CC[C@H]2C3C(OCCCNC(=O)OCC4c5ccccc5-c5ccccc54)CC4C[C@H](OCCCNC(=O)OCC5c6ccccc6-c6ccccc65)CC[C@]4(C)[C@H]3C[C@H](OCCCNC(=O)OCC3c4ccccc4-c4ccccc43)[C@]12C)CC(=O)ON1C(=O)CCC1=O. The second kappa shape index (κ2) is 32.4. The van der Waals surface area contributed by atoms with Crippen molar-refractivity contribution in [2.75, 3.05) is 72.4 Å². The van der Waals surface area contributed by atoms with Gasteiger partial charge in [-0.25, -0.2) is 19.2 Å². The molecule has 7 aliphatic carbocycles. The molecule has 0 bridgehead atoms. The number of nitrogens with one attached hydrogen (secondary N) is 3. The number of fused-ring (bicyclic) bond motifs is 14. The first-order chi connectivity index (χ1) is 51.1. The van der Waals surface area contributed by atoms with Crippen molar-refractivity contribution in [1.29, 1.82) is 0 Å². The van der Waals surface area contributed by atoms with Crippen molar-refractivity contribution in [3.05, 3.63) is 179 Å². The number of benzene rings is 6. The largest absolute Gasteiger partial charge is 0.449 e. The number of ether oxygens (including phenoxy) is 6. The van der Waals surface area contributed by atoms with E-state index < -0.39 is 36.1 Å². The number of hydrogen-bond acceptors (Lipinski definition) is 14. The van der Waals surface area contributed by atoms with E-state index in [1.807, 2.05) is 72.8 Å². The van der Waals surface area contributed by atoms with Crippen LogP contribution in [0.15, 0.2) is 146 Å². The summed E-state index contributed by atoms with van der Waals surface area (Å²) in [4.78, 5) is 97.5. The van der Waals surface area contributed by atoms with Crippen LogP contribution in [0.4, 0.5) is 14.4 Å². The van der Waals surface area contributed by atoms with Crippen LogP contribution in [0.3, 0.4) is 0 Å². The third-order valence-corrected chi connectivity index (χ3v) is 25.3. The Morgan fingerprint density at radius 2 is 0.952 bits per heavy atom. The fourth-order valence-electron chi connectivity index (χ4n) is 20.2. The van der Waals surface area contributed by atoms with Gasteiger partial charge in [-0.05, 0) is 185 Å². The summed E-state index contributed by atoms with van der Waals surface area (Å²) in [6.07, 6.45) is 7.99. The summed E-state index contributed by atoms with van der Waals surface area (Å²) in [6.45, 7) is 11.9. The van der Waals surface area contributed by atoms with Gasteiger partial charge in [-0.2, -0.15) is 0 Å². The Morgan fingerprint density at radius 1 is 0.524 bits per heavy atom. The summed E-state index contributed by atoms with van der Waals surface area (Å²) < 4.78 is 39.2. The maximum Gasteiger partial charge on any atom is 0.407 e. The first-order valence-electron chi connectivity index (χ1n) is 38.5. The van der Waals surface area contributed by atoms with E-state index in [1.165, 1.54) is 56.3 Å². The van der Waals surface area contributed by atoms with Crippen molar-refractivity contribution in [3.8, 4) is 33.4 Å². The molecule has 5 fully saturated rings. The second-order valence-corrected chi connectivity index (χ2v) is 31.0. The Hall–Kier alpha value is -8.91. The predicted octanol–water partition coefficient (Wildman–Crippen LogP) is 14.7. The van der Waals surface area contributed by atoms with Crippen LogP contribution in [0.5, 0.6) is 0 Å². The van der Waals surface area contributed by atoms with Crippen LogP contribution in [-0.2, 0) is 52.4 Å². The van der Waals surface area contributed by atoms with Crippen LogP contribution in [-0.4, -0.2) is 143 Å². The van der Waals surface area contributed by atoms with Crippen molar-refractivity contribution in [3.63, 3.8) is 0 Å². The lowest BCUT2D eigenvalue weighted by molar-refractivity contribution is -0.227. The predicted molar refractivity (Wildman–Crippen MR) is 396 cm³/mol. The lowest BCUT2D eigenvalue weighted by Gasteiger charge is -2.65. The summed E-state index contributed by atoms with van der Waals surface area (Å²) >= 11 is 0. The number of imide groups is 1. The molecule has 105 heavy (non-hydrogen) atoms. The van der Waals surface area contributed by atoms with Gasteiger partial charge in [0.05, 0.1) is 18.3 Å². The van der Waals surface area contributed by atoms with Gasteiger partial charge >= 0.3 is 24.2 Å². The number of hydroxylamine groups is 2. The summed E-state index contributed by atoms with van der Waals surface area (Å²) in [5.74, 6) is -1.06. The van der Waals surface area contributed by atoms with Crippen LogP contribution >= 0.6 is 0 Å². The van der Waals surface area contributed by atoms with E-state index in [9.17, 15) is 33.6 Å². The third-order valence-electron chi connectivity index (χ3n) is 25.3. The molecule has 0 radical (unpaired) electrons. The van der Waals surface area contributed by atoms with E-state index in [4.69, 9.17) is 33.3 Å². The molecule has 19 nitrogen and oxygen atoms in total. The Bertz CT molecular complexity index is 4010. The lowest BCUT2D eigenvalue weighted by atomic mass is 9.43. The van der Waals surface area contributed by atoms with Gasteiger partial charge in [0, 0.05) is 88.9 Å². The van der Waals surface area contributed by atoms with Gasteiger partial charge in [0.25, 0.3) is 11.8 Å². The number of nitrogens with zero attached hydrogens (tertiary/aromatic N) is 2. The summed E-state index contributed by atoms with van der Waals surface area (Å²) in [6, 6.07) is 49.9. The van der Waals surface area contributed by atoms with E-state index in [0.29, 0.717) is 76.7 Å². The Balaban J connectivity index is 0.643. The number of alkyl carbamates (subject to hydrolysis) is 3. The molecule has 6 amide bonds. The molecule has 1 saturated heterocycles. The molecule has 4 saturated carbocycles. The molecule has 11 atom stereocenters. The standard InChI is InChI=1S/C86H101N5O14/c1-54(21-17-43-90(55(2)92)50-80(95)105-91-78(93)36-37-79(91)94)73-34-35-74-81-75(49-77(86(73,74)4)101-46-20-42-89-84(98)104-53-72-68-32-15-9-26-62(68)63-27-10-16-33-69(63)72)85(3)39-38-57(99-44-18-40-87-82(96)102-51-70-64-28-11-5-22-58(64)59-23-6-12-29-65(59)70)47-56(85)48-76(81)100-45-19-41-88-83(97)103-52-71-66-30-13-7-24-60(66)61-25-8-14-31-67(61)71/h5-16,22-33,54,56-57,70-77,81H,17-21,34-53H2,1-4H3,(H,87,96)(H,88,97)(H,89,98)/t54-,56?,57-,73-,74+,75+,76?,77+,81?,85+,86-/m1/s1. The summed E-state index contributed by atoms with van der Waals surface area (Å²) in [7, 11) is 0. The van der Waals surface area contributed by atoms with Crippen LogP contribution in [0.1, 0.15) is 169 Å². The molecule has 6 aromatic carbocycles. The second-order valence-electron chi connectivity index (χ2n) is 31.0. The van der Waals surface area contributed by atoms with E-state index in [1.54, 1.807) is 0 Å². The molecule has 19 heteroatoms. The maximum atomic E-state index is 13.5. The van der Waals surface area contributed by atoms with Gasteiger partial charge in [-0.15, -0.1) is 5.06 Å². The number of carbonyl (C=O) groups is 7. The Morgan fingerprint density at radius 3 is 1.40 bits per heavy atom. The van der Waals surface area contributed by atoms with Crippen molar-refractivity contribution >= 4 is 42.0 Å². The zero-order valence-corrected chi connectivity index (χ0v) is 61.1. The minimum atomic E-state index is -0.843. The van der Waals surface area contributed by atoms with Crippen molar-refractivity contribution in [1.82, 2.24) is 25.9 Å². The van der Waals surface area contributed by atoms with Crippen LogP contribution in [0.25, 0.3) is 33.4 Å². The smallest absolute Gasteiger partial charge is 0.407 e. The third kappa shape index (κ3) is 15.3. The highest BCUT2D eigenvalue weighted by molar-refractivity contribution is 6.01. The van der Waals surface area contributed by atoms with Crippen molar-refractivity contribution in [2.24, 2.45) is 46.3 Å². The maximum absolute atomic E-state index is 13.5. The average molecular weight is 1430 g/mol. The molecular weight excluding hydrogens is 1330 g/mol. The fourth-order valence-corrected chi connectivity index (χ4v) is 20.2. The molecular formula is C86H101N5O14. The fraction of sp³-hybridized carbons (Fsp3) is 0.500. The molecule has 14 rings (SSSR count). The molecule has 1 heterocycles. The van der Waals surface area contributed by atoms with Gasteiger partial charge in [0.2, 0.25) is 5.91 Å². The van der Waals surface area contributed by atoms with Gasteiger partial charge in [-0.3, -0.25) is 14.4 Å². The van der Waals surface area contributed by atoms with Crippen LogP contribution in [0, 0.1) is 46.3 Å². The normalized spacial score (nSPS) is 24.9. The lowest BCUT2D eigenvalue weighted by Crippen LogP contribution is -2.63. The van der Waals surface area contributed by atoms with Gasteiger partial charge in [-0.1, -0.05) is 166 Å².